The summed E-state index contributed by atoms with van der Waals surface area (Å²) in [5.41, 5.74) is 1.09. The molecular formula is C19H21N3O5S. The van der Waals surface area contributed by atoms with E-state index in [1.807, 2.05) is 19.1 Å². The van der Waals surface area contributed by atoms with Crippen molar-refractivity contribution in [3.63, 3.8) is 0 Å². The first-order chi connectivity index (χ1) is 13.3. The molecule has 8 nitrogen and oxygen atoms in total. The lowest BCUT2D eigenvalue weighted by molar-refractivity contribution is -0.387. The van der Waals surface area contributed by atoms with Gasteiger partial charge in [0.05, 0.1) is 4.92 Å². The first-order valence-electron chi connectivity index (χ1n) is 8.90. The lowest BCUT2D eigenvalue weighted by atomic mass is 10.1. The Bertz CT molecular complexity index is 1010. The Morgan fingerprint density at radius 1 is 1.04 bits per heavy atom. The van der Waals surface area contributed by atoms with Gasteiger partial charge in [0.25, 0.3) is 11.6 Å². The van der Waals surface area contributed by atoms with Gasteiger partial charge in [0.2, 0.25) is 10.0 Å². The van der Waals surface area contributed by atoms with Crippen molar-refractivity contribution >= 4 is 21.6 Å². The standard InChI is InChI=1S/C19H21N3O5S/c1-15-6-4-7-16(14-15)19(23)20-10-5-11-21(13-12-20)28(26,27)18-9-3-2-8-17(18)22(24)25/h2-4,6-9,14H,5,10-13H2,1H3. The summed E-state index contributed by atoms with van der Waals surface area (Å²) in [5, 5.41) is 11.2. The lowest BCUT2D eigenvalue weighted by Gasteiger charge is -2.22. The second-order valence-electron chi connectivity index (χ2n) is 6.64. The van der Waals surface area contributed by atoms with E-state index in [0.29, 0.717) is 18.5 Å². The van der Waals surface area contributed by atoms with E-state index >= 15 is 0 Å². The van der Waals surface area contributed by atoms with E-state index in [4.69, 9.17) is 0 Å². The second-order valence-corrected chi connectivity index (χ2v) is 8.55. The molecule has 0 atom stereocenters. The normalized spacial score (nSPS) is 15.8. The minimum absolute atomic E-state index is 0.0892. The Morgan fingerprint density at radius 2 is 1.79 bits per heavy atom. The van der Waals surface area contributed by atoms with E-state index in [2.05, 4.69) is 0 Å². The third kappa shape index (κ3) is 4.05. The summed E-state index contributed by atoms with van der Waals surface area (Å²) in [5.74, 6) is -0.145. The molecule has 1 heterocycles. The van der Waals surface area contributed by atoms with Crippen LogP contribution in [0.2, 0.25) is 0 Å². The smallest absolute Gasteiger partial charge is 0.289 e. The van der Waals surface area contributed by atoms with Crippen molar-refractivity contribution in [2.75, 3.05) is 26.2 Å². The second kappa shape index (κ2) is 8.07. The Hall–Kier alpha value is -2.78. The molecule has 0 bridgehead atoms. The van der Waals surface area contributed by atoms with Crippen molar-refractivity contribution in [2.45, 2.75) is 18.2 Å². The highest BCUT2D eigenvalue weighted by Gasteiger charge is 2.33. The van der Waals surface area contributed by atoms with Crippen molar-refractivity contribution in [1.82, 2.24) is 9.21 Å². The number of benzene rings is 2. The number of amides is 1. The van der Waals surface area contributed by atoms with Gasteiger partial charge in [-0.25, -0.2) is 8.42 Å². The summed E-state index contributed by atoms with van der Waals surface area (Å²) >= 11 is 0. The van der Waals surface area contributed by atoms with Gasteiger partial charge in [-0.15, -0.1) is 0 Å². The Morgan fingerprint density at radius 3 is 2.50 bits per heavy atom. The molecule has 28 heavy (non-hydrogen) atoms. The van der Waals surface area contributed by atoms with Crippen LogP contribution in [0.4, 0.5) is 5.69 Å². The van der Waals surface area contributed by atoms with Gasteiger partial charge < -0.3 is 4.90 Å². The summed E-state index contributed by atoms with van der Waals surface area (Å²) in [7, 11) is -4.03. The van der Waals surface area contributed by atoms with Crippen LogP contribution in [-0.4, -0.2) is 54.6 Å². The van der Waals surface area contributed by atoms with E-state index in [1.54, 1.807) is 17.0 Å². The largest absolute Gasteiger partial charge is 0.337 e. The zero-order valence-corrected chi connectivity index (χ0v) is 16.3. The van der Waals surface area contributed by atoms with Gasteiger partial charge in [0, 0.05) is 37.8 Å². The van der Waals surface area contributed by atoms with Crippen LogP contribution in [0.3, 0.4) is 0 Å². The molecule has 0 aliphatic carbocycles. The van der Waals surface area contributed by atoms with E-state index < -0.39 is 20.6 Å². The molecule has 0 radical (unpaired) electrons. The van der Waals surface area contributed by atoms with Gasteiger partial charge in [0.1, 0.15) is 0 Å². The molecule has 0 spiro atoms. The Balaban J connectivity index is 1.80. The van der Waals surface area contributed by atoms with E-state index in [1.165, 1.54) is 28.6 Å². The lowest BCUT2D eigenvalue weighted by Crippen LogP contribution is -2.37. The minimum atomic E-state index is -4.03. The third-order valence-corrected chi connectivity index (χ3v) is 6.63. The third-order valence-electron chi connectivity index (χ3n) is 4.69. The first-order valence-corrected chi connectivity index (χ1v) is 10.3. The predicted molar refractivity (Wildman–Crippen MR) is 104 cm³/mol. The van der Waals surface area contributed by atoms with Crippen LogP contribution in [0.1, 0.15) is 22.3 Å². The fourth-order valence-electron chi connectivity index (χ4n) is 3.26. The molecular weight excluding hydrogens is 382 g/mol. The molecule has 0 saturated carbocycles. The molecule has 9 heteroatoms. The van der Waals surface area contributed by atoms with E-state index in [9.17, 15) is 23.3 Å². The molecule has 2 aromatic rings. The van der Waals surface area contributed by atoms with Crippen LogP contribution in [0, 0.1) is 17.0 Å². The van der Waals surface area contributed by atoms with Gasteiger partial charge in [0.15, 0.2) is 4.90 Å². The molecule has 0 unspecified atom stereocenters. The molecule has 1 fully saturated rings. The minimum Gasteiger partial charge on any atom is -0.337 e. The van der Waals surface area contributed by atoms with Crippen LogP contribution >= 0.6 is 0 Å². The molecule has 0 N–H and O–H groups in total. The average molecular weight is 403 g/mol. The van der Waals surface area contributed by atoms with Gasteiger partial charge in [-0.1, -0.05) is 29.8 Å². The quantitative estimate of drug-likeness (QED) is 0.576. The topological polar surface area (TPSA) is 101 Å². The summed E-state index contributed by atoms with van der Waals surface area (Å²) in [6, 6.07) is 12.6. The van der Waals surface area contributed by atoms with Crippen LogP contribution in [0.15, 0.2) is 53.4 Å². The van der Waals surface area contributed by atoms with Crippen molar-refractivity contribution < 1.29 is 18.1 Å². The number of carbonyl (C=O) groups is 1. The maximum absolute atomic E-state index is 13.0. The molecule has 2 aromatic carbocycles. The maximum Gasteiger partial charge on any atom is 0.289 e. The van der Waals surface area contributed by atoms with Crippen LogP contribution in [-0.2, 0) is 10.0 Å². The monoisotopic (exact) mass is 403 g/mol. The number of hydrogen-bond acceptors (Lipinski definition) is 5. The van der Waals surface area contributed by atoms with Gasteiger partial charge in [-0.3, -0.25) is 14.9 Å². The fourth-order valence-corrected chi connectivity index (χ4v) is 4.89. The molecule has 1 saturated heterocycles. The number of nitro benzene ring substituents is 1. The number of nitrogens with zero attached hydrogens (tertiary/aromatic N) is 3. The fraction of sp³-hybridized carbons (Fsp3) is 0.316. The van der Waals surface area contributed by atoms with Gasteiger partial charge in [-0.05, 0) is 31.5 Å². The van der Waals surface area contributed by atoms with E-state index in [-0.39, 0.29) is 30.4 Å². The molecule has 1 aliphatic rings. The molecule has 3 rings (SSSR count). The summed E-state index contributed by atoms with van der Waals surface area (Å²) < 4.78 is 27.2. The number of sulfonamides is 1. The summed E-state index contributed by atoms with van der Waals surface area (Å²) in [4.78, 5) is 24.6. The predicted octanol–water partition coefficient (Wildman–Crippen LogP) is 2.44. The highest BCUT2D eigenvalue weighted by molar-refractivity contribution is 7.89. The summed E-state index contributed by atoms with van der Waals surface area (Å²) in [6.45, 7) is 2.85. The number of aryl methyl sites for hydroxylation is 1. The zero-order chi connectivity index (χ0) is 20.3. The molecule has 1 amide bonds. The first kappa shape index (κ1) is 20.0. The van der Waals surface area contributed by atoms with Gasteiger partial charge >= 0.3 is 0 Å². The van der Waals surface area contributed by atoms with Crippen LogP contribution in [0.5, 0.6) is 0 Å². The van der Waals surface area contributed by atoms with E-state index in [0.717, 1.165) is 5.56 Å². The van der Waals surface area contributed by atoms with Crippen molar-refractivity contribution in [2.24, 2.45) is 0 Å². The van der Waals surface area contributed by atoms with Crippen LogP contribution < -0.4 is 0 Å². The van der Waals surface area contributed by atoms with Crippen molar-refractivity contribution in [3.8, 4) is 0 Å². The highest BCUT2D eigenvalue weighted by Crippen LogP contribution is 2.27. The highest BCUT2D eigenvalue weighted by atomic mass is 32.2. The SMILES string of the molecule is Cc1cccc(C(=O)N2CCCN(S(=O)(=O)c3ccccc3[N+](=O)[O-])CC2)c1. The number of hydrogen-bond donors (Lipinski definition) is 0. The van der Waals surface area contributed by atoms with Crippen LogP contribution in [0.25, 0.3) is 0 Å². The summed E-state index contributed by atoms with van der Waals surface area (Å²) in [6.07, 6.45) is 0.456. The maximum atomic E-state index is 13.0. The average Bonchev–Trinajstić information content (AvgIpc) is 2.94. The zero-order valence-electron chi connectivity index (χ0n) is 15.4. The number of nitro groups is 1. The Labute approximate surface area is 163 Å². The number of rotatable bonds is 4. The molecule has 148 valence electrons. The molecule has 1 aliphatic heterocycles. The number of carbonyl (C=O) groups excluding carboxylic acids is 1. The number of para-hydroxylation sites is 1. The molecule has 0 aromatic heterocycles. The Kier molecular flexibility index (Phi) is 5.76. The van der Waals surface area contributed by atoms with Crippen molar-refractivity contribution in [1.29, 1.82) is 0 Å². The van der Waals surface area contributed by atoms with Gasteiger partial charge in [-0.2, -0.15) is 4.31 Å². The van der Waals surface area contributed by atoms with Crippen molar-refractivity contribution in [3.05, 3.63) is 69.8 Å².